The molecule has 25 heavy (non-hydrogen) atoms. The molecule has 2 aromatic rings. The molecule has 1 unspecified atom stereocenters. The molecule has 2 heterocycles. The van der Waals surface area contributed by atoms with Gasteiger partial charge in [0.25, 0.3) is 0 Å². The summed E-state index contributed by atoms with van der Waals surface area (Å²) in [6, 6.07) is 7.37. The van der Waals surface area contributed by atoms with Crippen LogP contribution in [-0.4, -0.2) is 36.2 Å². The van der Waals surface area contributed by atoms with E-state index in [2.05, 4.69) is 20.6 Å². The van der Waals surface area contributed by atoms with E-state index in [1.807, 2.05) is 32.0 Å². The van der Waals surface area contributed by atoms with Crippen molar-refractivity contribution in [2.45, 2.75) is 32.9 Å². The smallest absolute Gasteiger partial charge is 0.218 e. The van der Waals surface area contributed by atoms with E-state index in [0.29, 0.717) is 30.7 Å². The lowest BCUT2D eigenvalue weighted by atomic mass is 10.0. The number of nitrogens with zero attached hydrogens (tertiary/aromatic N) is 2. The van der Waals surface area contributed by atoms with Crippen LogP contribution in [-0.2, 0) is 12.1 Å². The lowest BCUT2D eigenvalue weighted by Gasteiger charge is -2.22. The molecule has 0 aliphatic rings. The van der Waals surface area contributed by atoms with E-state index < -0.39 is 5.60 Å². The van der Waals surface area contributed by atoms with E-state index in [9.17, 15) is 5.11 Å². The number of aliphatic hydroxyl groups is 1. The van der Waals surface area contributed by atoms with Gasteiger partial charge in [-0.1, -0.05) is 6.07 Å². The first-order valence-corrected chi connectivity index (χ1v) is 8.25. The molecule has 0 aliphatic carbocycles. The van der Waals surface area contributed by atoms with Crippen LogP contribution >= 0.6 is 0 Å². The van der Waals surface area contributed by atoms with E-state index in [1.165, 1.54) is 0 Å². The third kappa shape index (κ3) is 5.22. The van der Waals surface area contributed by atoms with Gasteiger partial charge in [0, 0.05) is 18.3 Å². The number of hydrogen-bond acceptors (Lipinski definition) is 5. The van der Waals surface area contributed by atoms with Gasteiger partial charge in [0.05, 0.1) is 20.2 Å². The Hall–Kier alpha value is -2.54. The average molecular weight is 346 g/mol. The number of hydrogen-bond donors (Lipinski definition) is 3. The van der Waals surface area contributed by atoms with Gasteiger partial charge >= 0.3 is 0 Å². The molecule has 0 aliphatic heterocycles. The quantitative estimate of drug-likeness (QED) is 0.524. The van der Waals surface area contributed by atoms with Crippen molar-refractivity contribution < 1.29 is 14.3 Å². The van der Waals surface area contributed by atoms with Crippen LogP contribution in [0.4, 0.5) is 0 Å². The van der Waals surface area contributed by atoms with Crippen molar-refractivity contribution in [2.75, 3.05) is 20.2 Å². The van der Waals surface area contributed by atoms with Crippen LogP contribution in [0.5, 0.6) is 5.88 Å². The number of nitrogens with one attached hydrogen (secondary N) is 2. The molecular formula is C18H26N4O3. The van der Waals surface area contributed by atoms with E-state index >= 15 is 0 Å². The van der Waals surface area contributed by atoms with Crippen molar-refractivity contribution in [1.82, 2.24) is 15.6 Å². The minimum atomic E-state index is -1.14. The van der Waals surface area contributed by atoms with Gasteiger partial charge in [-0.25, -0.2) is 9.98 Å². The highest BCUT2D eigenvalue weighted by atomic mass is 16.5. The van der Waals surface area contributed by atoms with Gasteiger partial charge in [0.2, 0.25) is 5.88 Å². The summed E-state index contributed by atoms with van der Waals surface area (Å²) in [5.74, 6) is 2.43. The molecule has 0 radical (unpaired) electrons. The molecule has 2 aromatic heterocycles. The Bertz CT molecular complexity index is 710. The van der Waals surface area contributed by atoms with E-state index in [0.717, 1.165) is 11.3 Å². The Labute approximate surface area is 148 Å². The standard InChI is InChI=1S/C18H26N4O3/c1-5-19-17(21-11-14-7-6-10-20-16(14)24-4)22-12-18(3,23)15-9-8-13(2)25-15/h6-10,23H,5,11-12H2,1-4H3,(H2,19,21,22). The van der Waals surface area contributed by atoms with Gasteiger partial charge in [-0.3, -0.25) is 0 Å². The number of ether oxygens (including phenoxy) is 1. The van der Waals surface area contributed by atoms with Crippen LogP contribution in [0, 0.1) is 6.92 Å². The number of methoxy groups -OCH3 is 1. The number of rotatable bonds is 7. The van der Waals surface area contributed by atoms with E-state index in [-0.39, 0.29) is 6.54 Å². The largest absolute Gasteiger partial charge is 0.481 e. The summed E-state index contributed by atoms with van der Waals surface area (Å²) in [4.78, 5) is 8.69. The van der Waals surface area contributed by atoms with Crippen molar-refractivity contribution in [3.8, 4) is 5.88 Å². The number of furan rings is 1. The van der Waals surface area contributed by atoms with Crippen molar-refractivity contribution in [3.63, 3.8) is 0 Å². The summed E-state index contributed by atoms with van der Waals surface area (Å²) in [5, 5.41) is 16.9. The molecule has 1 atom stereocenters. The minimum absolute atomic E-state index is 0.260. The Morgan fingerprint density at radius 2 is 2.16 bits per heavy atom. The highest BCUT2D eigenvalue weighted by molar-refractivity contribution is 5.79. The summed E-state index contributed by atoms with van der Waals surface area (Å²) in [5.41, 5.74) is -0.258. The molecule has 0 aromatic carbocycles. The lowest BCUT2D eigenvalue weighted by molar-refractivity contribution is 0.0378. The van der Waals surface area contributed by atoms with Gasteiger partial charge < -0.3 is 24.9 Å². The predicted octanol–water partition coefficient (Wildman–Crippen LogP) is 1.95. The number of aryl methyl sites for hydroxylation is 1. The molecule has 0 amide bonds. The Morgan fingerprint density at radius 1 is 1.36 bits per heavy atom. The normalized spacial score (nSPS) is 14.0. The van der Waals surface area contributed by atoms with Crippen LogP contribution in [0.1, 0.15) is 30.9 Å². The molecule has 0 saturated heterocycles. The first-order chi connectivity index (χ1) is 12.0. The van der Waals surface area contributed by atoms with Gasteiger partial charge in [-0.15, -0.1) is 0 Å². The maximum Gasteiger partial charge on any atom is 0.218 e. The molecule has 0 fully saturated rings. The van der Waals surface area contributed by atoms with Crippen LogP contribution in [0.15, 0.2) is 39.9 Å². The molecule has 0 spiro atoms. The fourth-order valence-electron chi connectivity index (χ4n) is 2.30. The monoisotopic (exact) mass is 346 g/mol. The minimum Gasteiger partial charge on any atom is -0.481 e. The first-order valence-electron chi connectivity index (χ1n) is 8.25. The van der Waals surface area contributed by atoms with Crippen molar-refractivity contribution in [1.29, 1.82) is 0 Å². The highest BCUT2D eigenvalue weighted by Gasteiger charge is 2.27. The molecule has 0 bridgehead atoms. The number of aromatic nitrogens is 1. The SMILES string of the molecule is CCNC(=NCc1cccnc1OC)NCC(C)(O)c1ccc(C)o1. The second kappa shape index (κ2) is 8.53. The fraction of sp³-hybridized carbons (Fsp3) is 0.444. The summed E-state index contributed by atoms with van der Waals surface area (Å²) in [7, 11) is 1.58. The van der Waals surface area contributed by atoms with Gasteiger partial charge in [-0.05, 0) is 39.0 Å². The zero-order chi connectivity index (χ0) is 18.3. The predicted molar refractivity (Wildman–Crippen MR) is 96.6 cm³/mol. The molecule has 136 valence electrons. The Morgan fingerprint density at radius 3 is 2.80 bits per heavy atom. The zero-order valence-electron chi connectivity index (χ0n) is 15.2. The number of guanidine groups is 1. The maximum absolute atomic E-state index is 10.6. The Kier molecular flexibility index (Phi) is 6.41. The topological polar surface area (TPSA) is 91.9 Å². The summed E-state index contributed by atoms with van der Waals surface area (Å²) < 4.78 is 10.8. The van der Waals surface area contributed by atoms with Crippen LogP contribution in [0.2, 0.25) is 0 Å². The third-order valence-electron chi connectivity index (χ3n) is 3.67. The molecule has 7 nitrogen and oxygen atoms in total. The second-order valence-electron chi connectivity index (χ2n) is 5.90. The van der Waals surface area contributed by atoms with Crippen LogP contribution < -0.4 is 15.4 Å². The average Bonchev–Trinajstić information content (AvgIpc) is 3.05. The lowest BCUT2D eigenvalue weighted by Crippen LogP contribution is -2.44. The number of aliphatic imine (C=N–C) groups is 1. The highest BCUT2D eigenvalue weighted by Crippen LogP contribution is 2.22. The van der Waals surface area contributed by atoms with Gasteiger partial charge in [0.1, 0.15) is 17.1 Å². The molecule has 7 heteroatoms. The Balaban J connectivity index is 2.04. The summed E-state index contributed by atoms with van der Waals surface area (Å²) in [6.07, 6.45) is 1.68. The van der Waals surface area contributed by atoms with Crippen LogP contribution in [0.3, 0.4) is 0 Å². The third-order valence-corrected chi connectivity index (χ3v) is 3.67. The molecule has 0 saturated carbocycles. The maximum atomic E-state index is 10.6. The molecule has 2 rings (SSSR count). The second-order valence-corrected chi connectivity index (χ2v) is 5.90. The fourth-order valence-corrected chi connectivity index (χ4v) is 2.30. The van der Waals surface area contributed by atoms with Crippen molar-refractivity contribution in [3.05, 3.63) is 47.5 Å². The van der Waals surface area contributed by atoms with Crippen molar-refractivity contribution in [2.24, 2.45) is 4.99 Å². The molecular weight excluding hydrogens is 320 g/mol. The summed E-state index contributed by atoms with van der Waals surface area (Å²) >= 11 is 0. The van der Waals surface area contributed by atoms with E-state index in [1.54, 1.807) is 26.3 Å². The number of pyridine rings is 1. The van der Waals surface area contributed by atoms with Gasteiger partial charge in [-0.2, -0.15) is 0 Å². The van der Waals surface area contributed by atoms with Gasteiger partial charge in [0.15, 0.2) is 5.96 Å². The molecule has 3 N–H and O–H groups in total. The summed E-state index contributed by atoms with van der Waals surface area (Å²) in [6.45, 7) is 6.91. The van der Waals surface area contributed by atoms with Crippen LogP contribution in [0.25, 0.3) is 0 Å². The van der Waals surface area contributed by atoms with Crippen molar-refractivity contribution >= 4 is 5.96 Å². The zero-order valence-corrected chi connectivity index (χ0v) is 15.2. The van der Waals surface area contributed by atoms with E-state index in [4.69, 9.17) is 9.15 Å². The first kappa shape index (κ1) is 18.8.